The molecule has 3 aliphatic rings. The van der Waals surface area contributed by atoms with E-state index < -0.39 is 11.6 Å². The number of nitrogens with zero attached hydrogens (tertiary/aromatic N) is 2. The second-order valence-electron chi connectivity index (χ2n) is 8.39. The van der Waals surface area contributed by atoms with E-state index in [1.165, 1.54) is 12.1 Å². The van der Waals surface area contributed by atoms with E-state index in [0.29, 0.717) is 37.3 Å². The lowest BCUT2D eigenvalue weighted by Gasteiger charge is -2.46. The van der Waals surface area contributed by atoms with Crippen molar-refractivity contribution in [3.05, 3.63) is 59.7 Å². The van der Waals surface area contributed by atoms with Gasteiger partial charge >= 0.3 is 6.03 Å². The molecule has 1 N–H and O–H groups in total. The van der Waals surface area contributed by atoms with E-state index >= 15 is 0 Å². The van der Waals surface area contributed by atoms with Crippen molar-refractivity contribution in [3.63, 3.8) is 0 Å². The van der Waals surface area contributed by atoms with Crippen molar-refractivity contribution in [3.8, 4) is 11.1 Å². The average molecular weight is 427 g/mol. The minimum absolute atomic E-state index is 0.0143. The van der Waals surface area contributed by atoms with Crippen molar-refractivity contribution in [1.29, 1.82) is 0 Å². The SMILES string of the molecule is O=C1COC2CCN(C(=O)N3CC(c4ccc(-c5ccc(F)cc5F)cc4)C3)CC2N1. The Bertz CT molecular complexity index is 1010. The van der Waals surface area contributed by atoms with Crippen molar-refractivity contribution in [1.82, 2.24) is 15.1 Å². The molecule has 162 valence electrons. The van der Waals surface area contributed by atoms with Crippen LogP contribution in [0.15, 0.2) is 42.5 Å². The summed E-state index contributed by atoms with van der Waals surface area (Å²) in [4.78, 5) is 28.0. The van der Waals surface area contributed by atoms with Crippen LogP contribution in [0.5, 0.6) is 0 Å². The Morgan fingerprint density at radius 1 is 1.03 bits per heavy atom. The summed E-state index contributed by atoms with van der Waals surface area (Å²) < 4.78 is 32.7. The molecule has 0 bridgehead atoms. The molecular formula is C23H23F2N3O3. The fraction of sp³-hybridized carbons (Fsp3) is 0.391. The van der Waals surface area contributed by atoms with Crippen molar-refractivity contribution >= 4 is 11.9 Å². The number of hydrogen-bond donors (Lipinski definition) is 1. The summed E-state index contributed by atoms with van der Waals surface area (Å²) >= 11 is 0. The summed E-state index contributed by atoms with van der Waals surface area (Å²) in [7, 11) is 0. The molecule has 31 heavy (non-hydrogen) atoms. The van der Waals surface area contributed by atoms with Crippen molar-refractivity contribution in [2.45, 2.75) is 24.5 Å². The molecule has 3 amide bonds. The number of urea groups is 1. The third kappa shape index (κ3) is 3.87. The van der Waals surface area contributed by atoms with Gasteiger partial charge < -0.3 is 19.9 Å². The maximum absolute atomic E-state index is 14.0. The smallest absolute Gasteiger partial charge is 0.320 e. The van der Waals surface area contributed by atoms with Crippen molar-refractivity contribution in [2.75, 3.05) is 32.8 Å². The number of amides is 3. The van der Waals surface area contributed by atoms with Crippen LogP contribution in [-0.2, 0) is 9.53 Å². The van der Waals surface area contributed by atoms with Gasteiger partial charge in [0, 0.05) is 43.7 Å². The Balaban J connectivity index is 1.18. The van der Waals surface area contributed by atoms with Gasteiger partial charge in [-0.05, 0) is 29.7 Å². The normalized spacial score (nSPS) is 23.7. The van der Waals surface area contributed by atoms with Crippen molar-refractivity contribution in [2.24, 2.45) is 0 Å². The highest BCUT2D eigenvalue weighted by atomic mass is 19.1. The molecule has 5 rings (SSSR count). The molecule has 3 aliphatic heterocycles. The molecule has 3 saturated heterocycles. The lowest BCUT2D eigenvalue weighted by atomic mass is 9.90. The van der Waals surface area contributed by atoms with Crippen LogP contribution >= 0.6 is 0 Å². The van der Waals surface area contributed by atoms with E-state index in [-0.39, 0.29) is 36.6 Å². The van der Waals surface area contributed by atoms with Crippen LogP contribution in [0.1, 0.15) is 17.9 Å². The summed E-state index contributed by atoms with van der Waals surface area (Å²) in [6, 6.07) is 10.9. The van der Waals surface area contributed by atoms with Crippen LogP contribution < -0.4 is 5.32 Å². The number of nitrogens with one attached hydrogen (secondary N) is 1. The van der Waals surface area contributed by atoms with Gasteiger partial charge in [0.2, 0.25) is 5.91 Å². The van der Waals surface area contributed by atoms with Crippen LogP contribution in [0, 0.1) is 11.6 Å². The van der Waals surface area contributed by atoms with Crippen LogP contribution in [0.2, 0.25) is 0 Å². The first-order valence-electron chi connectivity index (χ1n) is 10.5. The number of piperidine rings is 1. The summed E-state index contributed by atoms with van der Waals surface area (Å²) in [5, 5.41) is 2.91. The number of carbonyl (C=O) groups is 2. The second kappa shape index (κ2) is 7.92. The summed E-state index contributed by atoms with van der Waals surface area (Å²) in [6.45, 7) is 2.42. The molecule has 8 heteroatoms. The number of halogens is 2. The number of fused-ring (bicyclic) bond motifs is 1. The van der Waals surface area contributed by atoms with E-state index in [4.69, 9.17) is 4.74 Å². The lowest BCUT2D eigenvalue weighted by Crippen LogP contribution is -2.63. The first-order chi connectivity index (χ1) is 15.0. The predicted octanol–water partition coefficient (Wildman–Crippen LogP) is 2.74. The zero-order valence-electron chi connectivity index (χ0n) is 16.9. The Morgan fingerprint density at radius 3 is 2.55 bits per heavy atom. The number of carbonyl (C=O) groups excluding carboxylic acids is 2. The van der Waals surface area contributed by atoms with Crippen LogP contribution in [0.3, 0.4) is 0 Å². The van der Waals surface area contributed by atoms with Gasteiger partial charge in [0.25, 0.3) is 0 Å². The summed E-state index contributed by atoms with van der Waals surface area (Å²) in [6.07, 6.45) is 0.699. The number of likely N-dealkylation sites (tertiary alicyclic amines) is 2. The fourth-order valence-corrected chi connectivity index (χ4v) is 4.58. The highest BCUT2D eigenvalue weighted by Gasteiger charge is 2.40. The van der Waals surface area contributed by atoms with Gasteiger partial charge in [-0.1, -0.05) is 24.3 Å². The van der Waals surface area contributed by atoms with Crippen molar-refractivity contribution < 1.29 is 23.1 Å². The molecule has 0 saturated carbocycles. The third-order valence-electron chi connectivity index (χ3n) is 6.37. The van der Waals surface area contributed by atoms with Crippen LogP contribution in [0.25, 0.3) is 11.1 Å². The fourth-order valence-electron chi connectivity index (χ4n) is 4.58. The molecule has 0 radical (unpaired) electrons. The molecule has 3 heterocycles. The highest BCUT2D eigenvalue weighted by Crippen LogP contribution is 2.31. The molecule has 0 aromatic heterocycles. The van der Waals surface area contributed by atoms with E-state index in [1.54, 1.807) is 4.90 Å². The molecule has 2 unspecified atom stereocenters. The van der Waals surface area contributed by atoms with E-state index in [1.807, 2.05) is 29.2 Å². The summed E-state index contributed by atoms with van der Waals surface area (Å²) in [5.41, 5.74) is 2.13. The van der Waals surface area contributed by atoms with E-state index in [2.05, 4.69) is 5.32 Å². The molecule has 2 atom stereocenters. The maximum Gasteiger partial charge on any atom is 0.320 e. The quantitative estimate of drug-likeness (QED) is 0.802. The van der Waals surface area contributed by atoms with Crippen LogP contribution in [0.4, 0.5) is 13.6 Å². The van der Waals surface area contributed by atoms with Crippen LogP contribution in [-0.4, -0.2) is 66.7 Å². The number of morpholine rings is 1. The topological polar surface area (TPSA) is 61.9 Å². The first-order valence-corrected chi connectivity index (χ1v) is 10.5. The monoisotopic (exact) mass is 427 g/mol. The van der Waals surface area contributed by atoms with Gasteiger partial charge in [-0.3, -0.25) is 4.79 Å². The molecule has 6 nitrogen and oxygen atoms in total. The molecular weight excluding hydrogens is 404 g/mol. The Kier molecular flexibility index (Phi) is 5.09. The first kappa shape index (κ1) is 19.9. The van der Waals surface area contributed by atoms with Gasteiger partial charge in [0.15, 0.2) is 0 Å². The predicted molar refractivity (Wildman–Crippen MR) is 109 cm³/mol. The Hall–Kier alpha value is -3.00. The standard InChI is InChI=1S/C23H23F2N3O3/c24-17-5-6-18(19(25)9-17)15-3-1-14(2-4-15)16-10-28(11-16)23(30)27-8-7-21-20(12-27)26-22(29)13-31-21/h1-6,9,16,20-21H,7-8,10-13H2,(H,26,29). The number of rotatable bonds is 2. The number of benzene rings is 2. The zero-order valence-corrected chi connectivity index (χ0v) is 16.9. The largest absolute Gasteiger partial charge is 0.366 e. The number of hydrogen-bond acceptors (Lipinski definition) is 3. The minimum Gasteiger partial charge on any atom is -0.366 e. The highest BCUT2D eigenvalue weighted by molar-refractivity contribution is 5.79. The van der Waals surface area contributed by atoms with Gasteiger partial charge in [0.05, 0.1) is 12.1 Å². The minimum atomic E-state index is -0.597. The maximum atomic E-state index is 14.0. The molecule has 2 aromatic carbocycles. The second-order valence-corrected chi connectivity index (χ2v) is 8.39. The third-order valence-corrected chi connectivity index (χ3v) is 6.37. The molecule has 2 aromatic rings. The zero-order chi connectivity index (χ0) is 21.5. The molecule has 0 spiro atoms. The van der Waals surface area contributed by atoms with Gasteiger partial charge in [-0.25, -0.2) is 13.6 Å². The summed E-state index contributed by atoms with van der Waals surface area (Å²) in [5.74, 6) is -1.09. The van der Waals surface area contributed by atoms with E-state index in [0.717, 1.165) is 18.1 Å². The lowest BCUT2D eigenvalue weighted by molar-refractivity contribution is -0.139. The number of ether oxygens (including phenoxy) is 1. The van der Waals surface area contributed by atoms with Gasteiger partial charge in [-0.15, -0.1) is 0 Å². The Labute approximate surface area is 178 Å². The Morgan fingerprint density at radius 2 is 1.81 bits per heavy atom. The van der Waals surface area contributed by atoms with Gasteiger partial charge in [0.1, 0.15) is 18.2 Å². The molecule has 0 aliphatic carbocycles. The molecule has 3 fully saturated rings. The average Bonchev–Trinajstić information content (AvgIpc) is 2.73. The van der Waals surface area contributed by atoms with E-state index in [9.17, 15) is 18.4 Å². The van der Waals surface area contributed by atoms with Gasteiger partial charge in [-0.2, -0.15) is 0 Å².